The number of carboxylic acid groups (broad SMARTS) is 1. The summed E-state index contributed by atoms with van der Waals surface area (Å²) < 4.78 is 5.17. The van der Waals surface area contributed by atoms with Gasteiger partial charge in [0.05, 0.1) is 12.8 Å². The number of nitrogens with zero attached hydrogens (tertiary/aromatic N) is 1. The van der Waals surface area contributed by atoms with Crippen molar-refractivity contribution in [3.63, 3.8) is 0 Å². The highest BCUT2D eigenvalue weighted by molar-refractivity contribution is 7.09. The average Bonchev–Trinajstić information content (AvgIpc) is 2.89. The Morgan fingerprint density at radius 3 is 2.89 bits per heavy atom. The van der Waals surface area contributed by atoms with E-state index >= 15 is 0 Å². The summed E-state index contributed by atoms with van der Waals surface area (Å²) in [5.74, 6) is -0.379. The van der Waals surface area contributed by atoms with Crippen LogP contribution in [0.5, 0.6) is 5.75 Å². The predicted octanol–water partition coefficient (Wildman–Crippen LogP) is 2.39. The first-order valence-corrected chi connectivity index (χ1v) is 6.12. The summed E-state index contributed by atoms with van der Waals surface area (Å²) in [5, 5.41) is 14.4. The molecule has 5 nitrogen and oxygen atoms in total. The zero-order valence-corrected chi connectivity index (χ0v) is 10.5. The number of methoxy groups -OCH3 is 1. The molecule has 0 aliphatic heterocycles. The summed E-state index contributed by atoms with van der Waals surface area (Å²) in [6.45, 7) is 0. The fraction of sp³-hybridized carbons (Fsp3) is 0.167. The number of nitrogens with one attached hydrogen (secondary N) is 1. The number of rotatable bonds is 5. The van der Waals surface area contributed by atoms with Gasteiger partial charge in [0.2, 0.25) is 0 Å². The number of aromatic nitrogens is 1. The molecule has 1 aromatic heterocycles. The molecule has 0 amide bonds. The molecule has 0 radical (unpaired) electrons. The summed E-state index contributed by atoms with van der Waals surface area (Å²) in [7, 11) is 1.54. The monoisotopic (exact) mass is 264 g/mol. The number of aliphatic carboxylic acids is 1. The van der Waals surface area contributed by atoms with Gasteiger partial charge in [-0.05, 0) is 12.1 Å². The molecule has 0 aliphatic rings. The maximum absolute atomic E-state index is 11.3. The number of hydrogen-bond donors (Lipinski definition) is 2. The summed E-state index contributed by atoms with van der Waals surface area (Å²) in [6.07, 6.45) is 1.58. The molecule has 1 heterocycles. The maximum Gasteiger partial charge on any atom is 0.333 e. The van der Waals surface area contributed by atoms with Crippen molar-refractivity contribution in [3.05, 3.63) is 40.8 Å². The molecule has 0 saturated heterocycles. The van der Waals surface area contributed by atoms with Crippen molar-refractivity contribution in [1.82, 2.24) is 4.98 Å². The second-order valence-electron chi connectivity index (χ2n) is 3.49. The lowest BCUT2D eigenvalue weighted by atomic mass is 10.2. The number of carboxylic acids is 1. The van der Waals surface area contributed by atoms with Crippen molar-refractivity contribution in [1.29, 1.82) is 0 Å². The van der Waals surface area contributed by atoms with Gasteiger partial charge in [-0.1, -0.05) is 12.1 Å². The minimum absolute atomic E-state index is 0.508. The Kier molecular flexibility index (Phi) is 3.78. The topological polar surface area (TPSA) is 71.5 Å². The lowest BCUT2D eigenvalue weighted by Gasteiger charge is -2.15. The number of hydrogen-bond acceptors (Lipinski definition) is 5. The third-order valence-corrected chi connectivity index (χ3v) is 3.19. The first-order valence-electron chi connectivity index (χ1n) is 5.24. The van der Waals surface area contributed by atoms with Crippen LogP contribution in [-0.4, -0.2) is 23.2 Å². The standard InChI is InChI=1S/C12H12N2O3S/c1-17-9-5-3-2-4-8(9)14-10(12(15)16)11-13-6-7-18-11/h2-7,10,14H,1H3,(H,15,16). The van der Waals surface area contributed by atoms with Crippen LogP contribution in [0.3, 0.4) is 0 Å². The normalized spacial score (nSPS) is 11.8. The van der Waals surface area contributed by atoms with Gasteiger partial charge in [0.1, 0.15) is 10.8 Å². The third kappa shape index (κ3) is 2.60. The lowest BCUT2D eigenvalue weighted by molar-refractivity contribution is -0.138. The van der Waals surface area contributed by atoms with Crippen LogP contribution in [0.4, 0.5) is 5.69 Å². The highest BCUT2D eigenvalue weighted by Gasteiger charge is 2.23. The van der Waals surface area contributed by atoms with E-state index in [0.29, 0.717) is 16.4 Å². The van der Waals surface area contributed by atoms with Crippen molar-refractivity contribution in [3.8, 4) is 5.75 Å². The van der Waals surface area contributed by atoms with Gasteiger partial charge in [0.25, 0.3) is 0 Å². The summed E-state index contributed by atoms with van der Waals surface area (Å²) in [5.41, 5.74) is 0.627. The summed E-state index contributed by atoms with van der Waals surface area (Å²) in [4.78, 5) is 15.3. The van der Waals surface area contributed by atoms with Crippen LogP contribution < -0.4 is 10.1 Å². The Labute approximate surface area is 108 Å². The van der Waals surface area contributed by atoms with E-state index in [1.807, 2.05) is 12.1 Å². The van der Waals surface area contributed by atoms with E-state index < -0.39 is 12.0 Å². The molecule has 0 bridgehead atoms. The fourth-order valence-corrected chi connectivity index (χ4v) is 2.20. The minimum atomic E-state index is -0.976. The van der Waals surface area contributed by atoms with Gasteiger partial charge in [-0.3, -0.25) is 0 Å². The van der Waals surface area contributed by atoms with Crippen LogP contribution in [0.2, 0.25) is 0 Å². The third-order valence-electron chi connectivity index (χ3n) is 2.35. The van der Waals surface area contributed by atoms with Crippen LogP contribution in [-0.2, 0) is 4.79 Å². The van der Waals surface area contributed by atoms with E-state index in [2.05, 4.69) is 10.3 Å². The highest BCUT2D eigenvalue weighted by atomic mass is 32.1. The number of anilines is 1. The molecule has 0 fully saturated rings. The maximum atomic E-state index is 11.3. The molecule has 2 rings (SSSR count). The van der Waals surface area contributed by atoms with Crippen molar-refractivity contribution in [2.24, 2.45) is 0 Å². The summed E-state index contributed by atoms with van der Waals surface area (Å²) in [6, 6.07) is 6.29. The van der Waals surface area contributed by atoms with E-state index in [1.165, 1.54) is 11.3 Å². The molecule has 0 aliphatic carbocycles. The predicted molar refractivity (Wildman–Crippen MR) is 69.1 cm³/mol. The van der Waals surface area contributed by atoms with Crippen molar-refractivity contribution >= 4 is 23.0 Å². The Balaban J connectivity index is 2.27. The molecule has 0 spiro atoms. The minimum Gasteiger partial charge on any atom is -0.495 e. The van der Waals surface area contributed by atoms with Gasteiger partial charge in [0.15, 0.2) is 6.04 Å². The zero-order chi connectivity index (χ0) is 13.0. The highest BCUT2D eigenvalue weighted by Crippen LogP contribution is 2.28. The molecule has 1 unspecified atom stereocenters. The van der Waals surface area contributed by atoms with Gasteiger partial charge in [-0.15, -0.1) is 11.3 Å². The van der Waals surface area contributed by atoms with Crippen LogP contribution in [0.1, 0.15) is 11.0 Å². The Hall–Kier alpha value is -2.08. The Bertz CT molecular complexity index is 528. The molecule has 2 N–H and O–H groups in total. The summed E-state index contributed by atoms with van der Waals surface area (Å²) >= 11 is 1.30. The molecule has 18 heavy (non-hydrogen) atoms. The van der Waals surface area contributed by atoms with Crippen molar-refractivity contribution < 1.29 is 14.6 Å². The van der Waals surface area contributed by atoms with Gasteiger partial charge in [-0.2, -0.15) is 0 Å². The largest absolute Gasteiger partial charge is 0.495 e. The quantitative estimate of drug-likeness (QED) is 0.867. The van der Waals surface area contributed by atoms with Crippen molar-refractivity contribution in [2.75, 3.05) is 12.4 Å². The van der Waals surface area contributed by atoms with Gasteiger partial charge < -0.3 is 15.2 Å². The van der Waals surface area contributed by atoms with E-state index in [1.54, 1.807) is 30.8 Å². The number of para-hydroxylation sites is 2. The average molecular weight is 264 g/mol. The van der Waals surface area contributed by atoms with Crippen LogP contribution in [0, 0.1) is 0 Å². The van der Waals surface area contributed by atoms with Crippen LogP contribution in [0.25, 0.3) is 0 Å². The number of ether oxygens (including phenoxy) is 1. The van der Waals surface area contributed by atoms with Crippen LogP contribution in [0.15, 0.2) is 35.8 Å². The Morgan fingerprint density at radius 2 is 2.28 bits per heavy atom. The van der Waals surface area contributed by atoms with E-state index in [4.69, 9.17) is 4.74 Å². The van der Waals surface area contributed by atoms with Gasteiger partial charge >= 0.3 is 5.97 Å². The van der Waals surface area contributed by atoms with Crippen LogP contribution >= 0.6 is 11.3 Å². The number of thiazole rings is 1. The second-order valence-corrected chi connectivity index (χ2v) is 4.41. The molecule has 1 aromatic carbocycles. The van der Waals surface area contributed by atoms with E-state index in [-0.39, 0.29) is 0 Å². The molecule has 94 valence electrons. The molecular weight excluding hydrogens is 252 g/mol. The van der Waals surface area contributed by atoms with Gasteiger partial charge in [0, 0.05) is 11.6 Å². The molecule has 1 atom stereocenters. The number of benzene rings is 1. The van der Waals surface area contributed by atoms with E-state index in [0.717, 1.165) is 0 Å². The van der Waals surface area contributed by atoms with Crippen molar-refractivity contribution in [2.45, 2.75) is 6.04 Å². The molecular formula is C12H12N2O3S. The molecule has 2 aromatic rings. The zero-order valence-electron chi connectivity index (χ0n) is 9.66. The molecule has 6 heteroatoms. The van der Waals surface area contributed by atoms with E-state index in [9.17, 15) is 9.90 Å². The molecule has 0 saturated carbocycles. The SMILES string of the molecule is COc1ccccc1NC(C(=O)O)c1nccs1. The lowest BCUT2D eigenvalue weighted by Crippen LogP contribution is -2.20. The smallest absolute Gasteiger partial charge is 0.333 e. The second kappa shape index (κ2) is 5.50. The number of carbonyl (C=O) groups is 1. The Morgan fingerprint density at radius 1 is 1.50 bits per heavy atom. The first-order chi connectivity index (χ1) is 8.72. The fourth-order valence-electron chi connectivity index (χ4n) is 1.53. The first kappa shape index (κ1) is 12.4. The van der Waals surface area contributed by atoms with Gasteiger partial charge in [-0.25, -0.2) is 9.78 Å².